The van der Waals surface area contributed by atoms with Crippen LogP contribution in [0.2, 0.25) is 0 Å². The summed E-state index contributed by atoms with van der Waals surface area (Å²) in [6.07, 6.45) is 2.17. The molecule has 20 heavy (non-hydrogen) atoms. The third kappa shape index (κ3) is 4.42. The van der Waals surface area contributed by atoms with Crippen molar-refractivity contribution in [3.8, 4) is 5.75 Å². The second-order valence-electron chi connectivity index (χ2n) is 5.18. The van der Waals surface area contributed by atoms with Gasteiger partial charge in [0.25, 0.3) is 0 Å². The first-order valence-corrected chi connectivity index (χ1v) is 7.09. The van der Waals surface area contributed by atoms with E-state index < -0.39 is 0 Å². The Labute approximate surface area is 121 Å². The molecule has 2 aromatic rings. The van der Waals surface area contributed by atoms with Gasteiger partial charge in [0.2, 0.25) is 0 Å². The molecule has 0 aliphatic carbocycles. The van der Waals surface area contributed by atoms with Gasteiger partial charge >= 0.3 is 0 Å². The molecule has 0 amide bonds. The van der Waals surface area contributed by atoms with E-state index >= 15 is 0 Å². The fraction of sp³-hybridized carbons (Fsp3) is 0.412. The van der Waals surface area contributed by atoms with Gasteiger partial charge < -0.3 is 14.5 Å². The smallest absolute Gasteiger partial charge is 0.118 e. The van der Waals surface area contributed by atoms with Gasteiger partial charge in [-0.1, -0.05) is 12.1 Å². The van der Waals surface area contributed by atoms with E-state index in [1.807, 2.05) is 31.2 Å². The number of hydrogen-bond acceptors (Lipinski definition) is 3. The van der Waals surface area contributed by atoms with Gasteiger partial charge in [0.15, 0.2) is 0 Å². The maximum Gasteiger partial charge on any atom is 0.118 e. The second kappa shape index (κ2) is 7.15. The van der Waals surface area contributed by atoms with Crippen LogP contribution in [0.3, 0.4) is 0 Å². The molecule has 0 saturated heterocycles. The van der Waals surface area contributed by atoms with Gasteiger partial charge in [0, 0.05) is 6.04 Å². The number of rotatable bonds is 7. The van der Waals surface area contributed by atoms with Crippen LogP contribution in [0.25, 0.3) is 0 Å². The van der Waals surface area contributed by atoms with E-state index in [4.69, 9.17) is 9.15 Å². The molecular weight excluding hydrogens is 250 g/mol. The number of furan rings is 1. The van der Waals surface area contributed by atoms with Crippen molar-refractivity contribution in [3.05, 3.63) is 53.5 Å². The molecule has 1 N–H and O–H groups in total. The monoisotopic (exact) mass is 273 g/mol. The molecule has 1 unspecified atom stereocenters. The Morgan fingerprint density at radius 2 is 1.90 bits per heavy atom. The number of nitrogens with one attached hydrogen (secondary N) is 1. The van der Waals surface area contributed by atoms with Crippen molar-refractivity contribution in [2.45, 2.75) is 39.3 Å². The first kappa shape index (κ1) is 14.7. The molecule has 0 fully saturated rings. The van der Waals surface area contributed by atoms with E-state index in [1.165, 1.54) is 5.56 Å². The van der Waals surface area contributed by atoms with Crippen molar-refractivity contribution in [1.82, 2.24) is 5.32 Å². The van der Waals surface area contributed by atoms with Crippen LogP contribution in [0.1, 0.15) is 30.4 Å². The fourth-order valence-electron chi connectivity index (χ4n) is 2.13. The van der Waals surface area contributed by atoms with Crippen molar-refractivity contribution >= 4 is 0 Å². The van der Waals surface area contributed by atoms with E-state index in [2.05, 4.69) is 24.4 Å². The van der Waals surface area contributed by atoms with Crippen LogP contribution in [0.4, 0.5) is 0 Å². The number of hydrogen-bond donors (Lipinski definition) is 1. The maximum absolute atomic E-state index is 5.55. The number of aryl methyl sites for hydroxylation is 2. The topological polar surface area (TPSA) is 34.4 Å². The fourth-order valence-corrected chi connectivity index (χ4v) is 2.13. The second-order valence-corrected chi connectivity index (χ2v) is 5.18. The largest absolute Gasteiger partial charge is 0.497 e. The van der Waals surface area contributed by atoms with Gasteiger partial charge in [-0.3, -0.25) is 0 Å². The number of benzene rings is 1. The van der Waals surface area contributed by atoms with Crippen molar-refractivity contribution in [3.63, 3.8) is 0 Å². The van der Waals surface area contributed by atoms with Gasteiger partial charge in [-0.05, 0) is 56.5 Å². The van der Waals surface area contributed by atoms with Gasteiger partial charge in [0.05, 0.1) is 13.7 Å². The number of methoxy groups -OCH3 is 1. The van der Waals surface area contributed by atoms with Gasteiger partial charge in [-0.25, -0.2) is 0 Å². The van der Waals surface area contributed by atoms with E-state index in [9.17, 15) is 0 Å². The van der Waals surface area contributed by atoms with E-state index in [-0.39, 0.29) is 0 Å². The lowest BCUT2D eigenvalue weighted by Crippen LogP contribution is -2.25. The van der Waals surface area contributed by atoms with Gasteiger partial charge in [0.1, 0.15) is 17.3 Å². The Morgan fingerprint density at radius 3 is 2.50 bits per heavy atom. The zero-order valence-corrected chi connectivity index (χ0v) is 12.5. The Kier molecular flexibility index (Phi) is 5.24. The molecule has 1 heterocycles. The first-order chi connectivity index (χ1) is 9.67. The lowest BCUT2D eigenvalue weighted by atomic mass is 10.1. The molecule has 0 aliphatic heterocycles. The Morgan fingerprint density at radius 1 is 1.15 bits per heavy atom. The Balaban J connectivity index is 1.72. The molecule has 1 aromatic heterocycles. The summed E-state index contributed by atoms with van der Waals surface area (Å²) in [6.45, 7) is 4.97. The van der Waals surface area contributed by atoms with E-state index in [0.717, 1.165) is 36.7 Å². The van der Waals surface area contributed by atoms with Crippen LogP contribution in [0, 0.1) is 6.92 Å². The summed E-state index contributed by atoms with van der Waals surface area (Å²) < 4.78 is 10.7. The lowest BCUT2D eigenvalue weighted by Gasteiger charge is -2.13. The lowest BCUT2D eigenvalue weighted by molar-refractivity contribution is 0.414. The summed E-state index contributed by atoms with van der Waals surface area (Å²) in [7, 11) is 1.69. The zero-order chi connectivity index (χ0) is 14.4. The first-order valence-electron chi connectivity index (χ1n) is 7.09. The summed E-state index contributed by atoms with van der Waals surface area (Å²) in [4.78, 5) is 0. The predicted octanol–water partition coefficient (Wildman–Crippen LogP) is 3.71. The molecule has 3 nitrogen and oxygen atoms in total. The molecule has 0 radical (unpaired) electrons. The molecule has 1 aromatic carbocycles. The zero-order valence-electron chi connectivity index (χ0n) is 12.5. The highest BCUT2D eigenvalue weighted by atomic mass is 16.5. The van der Waals surface area contributed by atoms with Crippen LogP contribution >= 0.6 is 0 Å². The molecule has 3 heteroatoms. The highest BCUT2D eigenvalue weighted by Crippen LogP contribution is 2.13. The van der Waals surface area contributed by atoms with E-state index in [0.29, 0.717) is 6.04 Å². The average Bonchev–Trinajstić information content (AvgIpc) is 2.89. The maximum atomic E-state index is 5.55. The minimum atomic E-state index is 0.461. The Bertz CT molecular complexity index is 516. The minimum Gasteiger partial charge on any atom is -0.497 e. The van der Waals surface area contributed by atoms with Crippen molar-refractivity contribution in [2.75, 3.05) is 7.11 Å². The minimum absolute atomic E-state index is 0.461. The third-order valence-corrected chi connectivity index (χ3v) is 3.45. The quantitative estimate of drug-likeness (QED) is 0.835. The predicted molar refractivity (Wildman–Crippen MR) is 81.1 cm³/mol. The molecule has 1 atom stereocenters. The van der Waals surface area contributed by atoms with Crippen molar-refractivity contribution in [2.24, 2.45) is 0 Å². The molecular formula is C17H23NO2. The Hall–Kier alpha value is -1.74. The van der Waals surface area contributed by atoms with Crippen LogP contribution in [-0.4, -0.2) is 13.2 Å². The van der Waals surface area contributed by atoms with Gasteiger partial charge in [-0.15, -0.1) is 0 Å². The molecule has 0 spiro atoms. The molecule has 0 bridgehead atoms. The summed E-state index contributed by atoms with van der Waals surface area (Å²) in [5, 5.41) is 3.49. The van der Waals surface area contributed by atoms with Crippen LogP contribution < -0.4 is 10.1 Å². The third-order valence-electron chi connectivity index (χ3n) is 3.45. The van der Waals surface area contributed by atoms with Crippen LogP contribution in [0.15, 0.2) is 40.8 Å². The summed E-state index contributed by atoms with van der Waals surface area (Å²) in [6, 6.07) is 12.8. The highest BCUT2D eigenvalue weighted by Gasteiger charge is 2.04. The SMILES string of the molecule is COc1ccc(CCC(C)NCc2ccc(C)o2)cc1. The molecule has 108 valence electrons. The standard InChI is InChI=1S/C17H23NO2/c1-13(18-12-17-9-5-14(2)20-17)4-6-15-7-10-16(19-3)11-8-15/h5,7-11,13,18H,4,6,12H2,1-3H3. The molecule has 2 rings (SSSR count). The van der Waals surface area contributed by atoms with Crippen molar-refractivity contribution in [1.29, 1.82) is 0 Å². The number of ether oxygens (including phenoxy) is 1. The summed E-state index contributed by atoms with van der Waals surface area (Å²) in [5.41, 5.74) is 1.34. The normalized spacial score (nSPS) is 12.3. The van der Waals surface area contributed by atoms with E-state index in [1.54, 1.807) is 7.11 Å². The van der Waals surface area contributed by atoms with Crippen LogP contribution in [0.5, 0.6) is 5.75 Å². The van der Waals surface area contributed by atoms with Crippen molar-refractivity contribution < 1.29 is 9.15 Å². The average molecular weight is 273 g/mol. The summed E-state index contributed by atoms with van der Waals surface area (Å²) >= 11 is 0. The van der Waals surface area contributed by atoms with Crippen LogP contribution in [-0.2, 0) is 13.0 Å². The molecule has 0 aliphatic rings. The summed E-state index contributed by atoms with van der Waals surface area (Å²) in [5.74, 6) is 2.87. The van der Waals surface area contributed by atoms with Gasteiger partial charge in [-0.2, -0.15) is 0 Å². The highest BCUT2D eigenvalue weighted by molar-refractivity contribution is 5.27. The molecule has 0 saturated carbocycles.